The number of hydrogen-bond acceptors (Lipinski definition) is 5. The Kier molecular flexibility index (Phi) is 4.48. The maximum absolute atomic E-state index is 5.43. The fraction of sp³-hybridized carbons (Fsp3) is 0.409. The van der Waals surface area contributed by atoms with Crippen LogP contribution in [0.5, 0.6) is 0 Å². The zero-order valence-electron chi connectivity index (χ0n) is 16.9. The molecule has 0 aliphatic carbocycles. The molecule has 4 aromatic rings. The Bertz CT molecular complexity index is 1190. The van der Waals surface area contributed by atoms with Gasteiger partial charge in [0.2, 0.25) is 5.95 Å². The Morgan fingerprint density at radius 1 is 1.03 bits per heavy atom. The van der Waals surface area contributed by atoms with E-state index in [1.54, 1.807) is 0 Å². The van der Waals surface area contributed by atoms with E-state index >= 15 is 0 Å². The third-order valence-corrected chi connectivity index (χ3v) is 5.83. The van der Waals surface area contributed by atoms with Crippen LogP contribution in [-0.2, 0) is 7.05 Å². The Morgan fingerprint density at radius 2 is 1.79 bits per heavy atom. The summed E-state index contributed by atoms with van der Waals surface area (Å²) in [5, 5.41) is 8.77. The van der Waals surface area contributed by atoms with Crippen molar-refractivity contribution in [2.45, 2.75) is 41.5 Å². The van der Waals surface area contributed by atoms with E-state index in [-0.39, 0.29) is 7.43 Å². The smallest absolute Gasteiger partial charge is 0.203 e. The van der Waals surface area contributed by atoms with Crippen molar-refractivity contribution >= 4 is 17.0 Å². The minimum absolute atomic E-state index is 0. The second-order valence-corrected chi connectivity index (χ2v) is 7.69. The van der Waals surface area contributed by atoms with Gasteiger partial charge in [-0.1, -0.05) is 12.6 Å². The first-order chi connectivity index (χ1) is 13.4. The van der Waals surface area contributed by atoms with Crippen LogP contribution < -0.4 is 4.90 Å². The molecular weight excluding hydrogens is 364 g/mol. The number of benzene rings is 1. The van der Waals surface area contributed by atoms with Crippen molar-refractivity contribution in [1.29, 1.82) is 0 Å². The number of H-pyrrole nitrogens is 1. The fourth-order valence-corrected chi connectivity index (χ4v) is 4.18. The third-order valence-electron chi connectivity index (χ3n) is 5.83. The summed E-state index contributed by atoms with van der Waals surface area (Å²) in [6.07, 6.45) is 1.22. The van der Waals surface area contributed by atoms with Gasteiger partial charge in [0, 0.05) is 42.5 Å². The van der Waals surface area contributed by atoms with E-state index in [0.29, 0.717) is 0 Å². The number of nitrogens with zero attached hydrogens (tertiary/aromatic N) is 5. The van der Waals surface area contributed by atoms with Gasteiger partial charge < -0.3 is 14.4 Å². The Hall–Kier alpha value is -3.09. The van der Waals surface area contributed by atoms with E-state index in [0.717, 1.165) is 75.2 Å². The summed E-state index contributed by atoms with van der Waals surface area (Å²) < 4.78 is 7.36. The first kappa shape index (κ1) is 19.2. The monoisotopic (exact) mass is 392 g/mol. The highest BCUT2D eigenvalue weighted by molar-refractivity contribution is 5.98. The van der Waals surface area contributed by atoms with E-state index in [4.69, 9.17) is 9.51 Å². The van der Waals surface area contributed by atoms with Crippen molar-refractivity contribution in [3.05, 3.63) is 35.0 Å². The van der Waals surface area contributed by atoms with Crippen molar-refractivity contribution in [3.8, 4) is 22.3 Å². The molecule has 0 atom stereocenters. The molecule has 1 saturated heterocycles. The van der Waals surface area contributed by atoms with Crippen molar-refractivity contribution in [2.24, 2.45) is 7.05 Å². The lowest BCUT2D eigenvalue weighted by Crippen LogP contribution is -2.37. The number of imidazole rings is 1. The van der Waals surface area contributed by atoms with Gasteiger partial charge in [0.05, 0.1) is 22.4 Å². The van der Waals surface area contributed by atoms with Crippen molar-refractivity contribution in [3.63, 3.8) is 0 Å². The summed E-state index contributed by atoms with van der Waals surface area (Å²) in [6.45, 7) is 10.2. The zero-order valence-corrected chi connectivity index (χ0v) is 16.9. The minimum atomic E-state index is 0. The summed E-state index contributed by atoms with van der Waals surface area (Å²) in [5.74, 6) is 1.77. The topological polar surface area (TPSA) is 75.8 Å². The molecule has 1 aromatic carbocycles. The van der Waals surface area contributed by atoms with Crippen LogP contribution in [0.15, 0.2) is 16.7 Å². The number of aryl methyl sites for hydroxylation is 4. The standard InChI is InChI=1S/C21H24N6O.CH4/c1-11-18(13(3)26(5)24-11)16-9-15(19-12(2)25-28-14(19)4)10-17-20(16)23-21(22-17)27-7-6-8-27;/h9-10H,6-8H2,1-5H3,(H,22,23);1H4. The van der Waals surface area contributed by atoms with Crippen LogP contribution in [0.2, 0.25) is 0 Å². The highest BCUT2D eigenvalue weighted by atomic mass is 16.5. The molecule has 1 N–H and O–H groups in total. The largest absolute Gasteiger partial charge is 0.361 e. The molecule has 7 heteroatoms. The summed E-state index contributed by atoms with van der Waals surface area (Å²) in [6, 6.07) is 4.36. The third kappa shape index (κ3) is 2.84. The molecule has 0 bridgehead atoms. The van der Waals surface area contributed by atoms with E-state index in [1.807, 2.05) is 25.6 Å². The number of fused-ring (bicyclic) bond motifs is 1. The lowest BCUT2D eigenvalue weighted by atomic mass is 9.95. The number of nitrogens with one attached hydrogen (secondary N) is 1. The average molecular weight is 393 g/mol. The predicted molar refractivity (Wildman–Crippen MR) is 116 cm³/mol. The van der Waals surface area contributed by atoms with Gasteiger partial charge in [-0.25, -0.2) is 4.98 Å². The van der Waals surface area contributed by atoms with Gasteiger partial charge >= 0.3 is 0 Å². The summed E-state index contributed by atoms with van der Waals surface area (Å²) >= 11 is 0. The Morgan fingerprint density at radius 3 is 2.34 bits per heavy atom. The summed E-state index contributed by atoms with van der Waals surface area (Å²) in [5.41, 5.74) is 9.40. The average Bonchev–Trinajstić information content (AvgIpc) is 3.22. The lowest BCUT2D eigenvalue weighted by Gasteiger charge is -2.30. The number of hydrogen-bond donors (Lipinski definition) is 1. The zero-order chi connectivity index (χ0) is 19.6. The van der Waals surface area contributed by atoms with Crippen molar-refractivity contribution in [1.82, 2.24) is 24.9 Å². The number of rotatable bonds is 3. The molecule has 0 unspecified atom stereocenters. The van der Waals surface area contributed by atoms with Crippen LogP contribution in [0.3, 0.4) is 0 Å². The van der Waals surface area contributed by atoms with Gasteiger partial charge in [0.25, 0.3) is 0 Å². The van der Waals surface area contributed by atoms with Crippen LogP contribution in [0.25, 0.3) is 33.3 Å². The van der Waals surface area contributed by atoms with E-state index in [2.05, 4.69) is 46.1 Å². The molecular formula is C22H28N6O. The normalized spacial score (nSPS) is 13.6. The van der Waals surface area contributed by atoms with Gasteiger partial charge in [-0.15, -0.1) is 0 Å². The van der Waals surface area contributed by atoms with Crippen LogP contribution >= 0.6 is 0 Å². The van der Waals surface area contributed by atoms with Crippen molar-refractivity contribution < 1.29 is 4.52 Å². The first-order valence-electron chi connectivity index (χ1n) is 9.66. The quantitative estimate of drug-likeness (QED) is 0.547. The first-order valence-corrected chi connectivity index (χ1v) is 9.66. The molecule has 1 aliphatic heterocycles. The number of aromatic amines is 1. The van der Waals surface area contributed by atoms with E-state index in [1.165, 1.54) is 6.42 Å². The van der Waals surface area contributed by atoms with Gasteiger partial charge in [0.1, 0.15) is 5.76 Å². The van der Waals surface area contributed by atoms with Crippen LogP contribution in [0, 0.1) is 27.7 Å². The highest BCUT2D eigenvalue weighted by Crippen LogP contribution is 2.38. The van der Waals surface area contributed by atoms with E-state index < -0.39 is 0 Å². The molecule has 4 heterocycles. The molecule has 0 amide bonds. The van der Waals surface area contributed by atoms with Crippen molar-refractivity contribution in [2.75, 3.05) is 18.0 Å². The molecule has 0 radical (unpaired) electrons. The summed E-state index contributed by atoms with van der Waals surface area (Å²) in [4.78, 5) is 10.8. The van der Waals surface area contributed by atoms with Crippen LogP contribution in [0.1, 0.15) is 36.7 Å². The fourth-order valence-electron chi connectivity index (χ4n) is 4.18. The molecule has 29 heavy (non-hydrogen) atoms. The number of anilines is 1. The highest BCUT2D eigenvalue weighted by Gasteiger charge is 2.23. The summed E-state index contributed by atoms with van der Waals surface area (Å²) in [7, 11) is 1.98. The maximum Gasteiger partial charge on any atom is 0.203 e. The molecule has 5 rings (SSSR count). The molecule has 3 aromatic heterocycles. The molecule has 1 fully saturated rings. The Balaban J connectivity index is 0.00000205. The van der Waals surface area contributed by atoms with E-state index in [9.17, 15) is 0 Å². The van der Waals surface area contributed by atoms with Gasteiger partial charge in [-0.2, -0.15) is 5.10 Å². The Labute approximate surface area is 170 Å². The maximum atomic E-state index is 5.43. The van der Waals surface area contributed by atoms with Crippen LogP contribution in [-0.4, -0.2) is 38.0 Å². The molecule has 152 valence electrons. The van der Waals surface area contributed by atoms with Gasteiger partial charge in [0.15, 0.2) is 0 Å². The van der Waals surface area contributed by atoms with Gasteiger partial charge in [-0.05, 0) is 51.8 Å². The SMILES string of the molecule is C.Cc1noc(C)c1-c1cc(-c2c(C)nn(C)c2C)c2nc(N3CCC3)[nH]c2c1. The molecule has 0 spiro atoms. The van der Waals surface area contributed by atoms with Crippen LogP contribution in [0.4, 0.5) is 5.95 Å². The second kappa shape index (κ2) is 6.76. The molecule has 0 saturated carbocycles. The second-order valence-electron chi connectivity index (χ2n) is 7.69. The minimum Gasteiger partial charge on any atom is -0.361 e. The number of aromatic nitrogens is 5. The molecule has 7 nitrogen and oxygen atoms in total. The van der Waals surface area contributed by atoms with Gasteiger partial charge in [-0.3, -0.25) is 4.68 Å². The molecule has 1 aliphatic rings. The predicted octanol–water partition coefficient (Wildman–Crippen LogP) is 4.70. The lowest BCUT2D eigenvalue weighted by molar-refractivity contribution is 0.393.